The molecule has 0 amide bonds. The lowest BCUT2D eigenvalue weighted by atomic mass is 10.4. The van der Waals surface area contributed by atoms with Gasteiger partial charge in [0.1, 0.15) is 0 Å². The predicted molar refractivity (Wildman–Crippen MR) is 62.0 cm³/mol. The Kier molecular flexibility index (Phi) is 4.90. The Hall–Kier alpha value is -1.29. The van der Waals surface area contributed by atoms with Crippen molar-refractivity contribution in [2.75, 3.05) is 18.5 Å². The number of anilines is 1. The second-order valence-corrected chi connectivity index (χ2v) is 3.40. The van der Waals surface area contributed by atoms with Gasteiger partial charge in [0.05, 0.1) is 6.61 Å². The lowest BCUT2D eigenvalue weighted by Crippen LogP contribution is -2.23. The number of hydrogen-bond donors (Lipinski definition) is 1. The number of allylic oxidation sites excluding steroid dienone is 1. The van der Waals surface area contributed by atoms with Crippen molar-refractivity contribution < 1.29 is 4.74 Å². The van der Waals surface area contributed by atoms with E-state index >= 15 is 0 Å². The highest BCUT2D eigenvalue weighted by Crippen LogP contribution is 2.06. The number of ether oxygens (including phenoxy) is 1. The lowest BCUT2D eigenvalue weighted by molar-refractivity contribution is 0.141. The molecule has 15 heavy (non-hydrogen) atoms. The summed E-state index contributed by atoms with van der Waals surface area (Å²) in [6.45, 7) is 9.97. The van der Waals surface area contributed by atoms with Gasteiger partial charge in [-0.2, -0.15) is 0 Å². The monoisotopic (exact) mass is 209 g/mol. The minimum absolute atomic E-state index is 0.260. The van der Waals surface area contributed by atoms with E-state index in [0.29, 0.717) is 6.61 Å². The second kappa shape index (κ2) is 6.24. The molecule has 1 heterocycles. The first kappa shape index (κ1) is 11.8. The van der Waals surface area contributed by atoms with E-state index in [2.05, 4.69) is 23.8 Å². The third kappa shape index (κ3) is 3.75. The van der Waals surface area contributed by atoms with Crippen LogP contribution in [0.1, 0.15) is 13.8 Å². The lowest BCUT2D eigenvalue weighted by Gasteiger charge is -2.15. The Morgan fingerprint density at radius 1 is 1.73 bits per heavy atom. The molecular formula is C11H19N3O. The fourth-order valence-electron chi connectivity index (χ4n) is 1.29. The van der Waals surface area contributed by atoms with Crippen LogP contribution < -0.4 is 5.32 Å². The van der Waals surface area contributed by atoms with Gasteiger partial charge in [-0.15, -0.1) is 6.58 Å². The van der Waals surface area contributed by atoms with Crippen LogP contribution in [0, 0.1) is 0 Å². The molecule has 1 aromatic heterocycles. The topological polar surface area (TPSA) is 39.1 Å². The highest BCUT2D eigenvalue weighted by atomic mass is 16.5. The van der Waals surface area contributed by atoms with Gasteiger partial charge in [-0.1, -0.05) is 6.08 Å². The molecule has 84 valence electrons. The summed E-state index contributed by atoms with van der Waals surface area (Å²) < 4.78 is 7.33. The van der Waals surface area contributed by atoms with Gasteiger partial charge in [0.15, 0.2) is 0 Å². The van der Waals surface area contributed by atoms with Crippen LogP contribution >= 0.6 is 0 Å². The van der Waals surface area contributed by atoms with E-state index in [1.807, 2.05) is 23.8 Å². The number of nitrogens with zero attached hydrogens (tertiary/aromatic N) is 2. The molecule has 0 aromatic carbocycles. The Balaban J connectivity index is 2.47. The second-order valence-electron chi connectivity index (χ2n) is 3.40. The van der Waals surface area contributed by atoms with Gasteiger partial charge in [0.25, 0.3) is 0 Å². The van der Waals surface area contributed by atoms with Gasteiger partial charge >= 0.3 is 0 Å². The number of hydrogen-bond acceptors (Lipinski definition) is 3. The van der Waals surface area contributed by atoms with Gasteiger partial charge in [0.2, 0.25) is 5.95 Å². The number of aromatic nitrogens is 2. The first-order valence-electron chi connectivity index (χ1n) is 5.24. The van der Waals surface area contributed by atoms with Crippen molar-refractivity contribution in [1.29, 1.82) is 0 Å². The van der Waals surface area contributed by atoms with Crippen LogP contribution in [0.15, 0.2) is 25.0 Å². The zero-order valence-corrected chi connectivity index (χ0v) is 9.44. The van der Waals surface area contributed by atoms with E-state index in [0.717, 1.165) is 19.1 Å². The zero-order valence-electron chi connectivity index (χ0n) is 9.44. The van der Waals surface area contributed by atoms with Crippen molar-refractivity contribution >= 4 is 5.95 Å². The van der Waals surface area contributed by atoms with Crippen LogP contribution in [-0.2, 0) is 11.3 Å². The minimum Gasteiger partial charge on any atom is -0.380 e. The molecule has 1 unspecified atom stereocenters. The van der Waals surface area contributed by atoms with E-state index in [9.17, 15) is 0 Å². The Labute approximate surface area is 91.0 Å². The van der Waals surface area contributed by atoms with Crippen molar-refractivity contribution in [3.63, 3.8) is 0 Å². The van der Waals surface area contributed by atoms with E-state index in [1.165, 1.54) is 0 Å². The summed E-state index contributed by atoms with van der Waals surface area (Å²) in [5.74, 6) is 0.863. The summed E-state index contributed by atoms with van der Waals surface area (Å²) >= 11 is 0. The predicted octanol–water partition coefficient (Wildman–Crippen LogP) is 1.91. The molecule has 0 fully saturated rings. The maximum absolute atomic E-state index is 5.32. The molecule has 0 saturated heterocycles. The molecule has 0 aliphatic rings. The summed E-state index contributed by atoms with van der Waals surface area (Å²) in [6.07, 6.45) is 5.55. The summed E-state index contributed by atoms with van der Waals surface area (Å²) in [4.78, 5) is 4.23. The highest BCUT2D eigenvalue weighted by Gasteiger charge is 2.05. The maximum Gasteiger partial charge on any atom is 0.203 e. The molecule has 0 saturated carbocycles. The molecule has 4 nitrogen and oxygen atoms in total. The van der Waals surface area contributed by atoms with Crippen LogP contribution in [0.5, 0.6) is 0 Å². The van der Waals surface area contributed by atoms with E-state index < -0.39 is 0 Å². The first-order valence-corrected chi connectivity index (χ1v) is 5.24. The molecule has 1 atom stereocenters. The smallest absolute Gasteiger partial charge is 0.203 e. The van der Waals surface area contributed by atoms with Crippen molar-refractivity contribution in [1.82, 2.24) is 9.55 Å². The van der Waals surface area contributed by atoms with Gasteiger partial charge in [-0.25, -0.2) is 4.98 Å². The molecule has 1 rings (SSSR count). The molecule has 0 aliphatic carbocycles. The Morgan fingerprint density at radius 2 is 2.53 bits per heavy atom. The van der Waals surface area contributed by atoms with Crippen LogP contribution in [0.2, 0.25) is 0 Å². The number of rotatable bonds is 7. The van der Waals surface area contributed by atoms with Gasteiger partial charge in [-0.05, 0) is 13.8 Å². The van der Waals surface area contributed by atoms with Crippen LogP contribution in [0.4, 0.5) is 5.95 Å². The standard InChI is InChI=1S/C11H19N3O/c1-4-7-14-8-6-12-11(14)13-10(3)9-15-5-2/h4,6,8,10H,1,5,7,9H2,2-3H3,(H,12,13). The van der Waals surface area contributed by atoms with Crippen molar-refractivity contribution in [2.45, 2.75) is 26.4 Å². The average molecular weight is 209 g/mol. The largest absolute Gasteiger partial charge is 0.380 e. The zero-order chi connectivity index (χ0) is 11.1. The summed E-state index contributed by atoms with van der Waals surface area (Å²) in [5.41, 5.74) is 0. The number of nitrogens with one attached hydrogen (secondary N) is 1. The molecule has 0 spiro atoms. The molecule has 1 N–H and O–H groups in total. The third-order valence-corrected chi connectivity index (χ3v) is 1.99. The first-order chi connectivity index (χ1) is 7.27. The molecule has 4 heteroatoms. The van der Waals surface area contributed by atoms with Gasteiger partial charge in [0, 0.05) is 31.6 Å². The Morgan fingerprint density at radius 3 is 3.20 bits per heavy atom. The van der Waals surface area contributed by atoms with Crippen molar-refractivity contribution in [3.8, 4) is 0 Å². The SMILES string of the molecule is C=CCn1ccnc1NC(C)COCC. The van der Waals surface area contributed by atoms with E-state index in [-0.39, 0.29) is 6.04 Å². The normalized spacial score (nSPS) is 12.4. The van der Waals surface area contributed by atoms with Gasteiger partial charge in [-0.3, -0.25) is 0 Å². The fourth-order valence-corrected chi connectivity index (χ4v) is 1.29. The van der Waals surface area contributed by atoms with E-state index in [4.69, 9.17) is 4.74 Å². The Bertz CT molecular complexity index is 296. The van der Waals surface area contributed by atoms with Crippen molar-refractivity contribution in [3.05, 3.63) is 25.0 Å². The van der Waals surface area contributed by atoms with Crippen LogP contribution in [0.3, 0.4) is 0 Å². The molecule has 1 aromatic rings. The molecule has 0 radical (unpaired) electrons. The summed E-state index contributed by atoms with van der Waals surface area (Å²) in [7, 11) is 0. The number of imidazole rings is 1. The highest BCUT2D eigenvalue weighted by molar-refractivity contribution is 5.27. The molecule has 0 aliphatic heterocycles. The van der Waals surface area contributed by atoms with Gasteiger partial charge < -0.3 is 14.6 Å². The van der Waals surface area contributed by atoms with Crippen molar-refractivity contribution in [2.24, 2.45) is 0 Å². The minimum atomic E-state index is 0.260. The third-order valence-electron chi connectivity index (χ3n) is 1.99. The van der Waals surface area contributed by atoms with Crippen LogP contribution in [0.25, 0.3) is 0 Å². The fraction of sp³-hybridized carbons (Fsp3) is 0.545. The molecule has 0 bridgehead atoms. The maximum atomic E-state index is 5.32. The van der Waals surface area contributed by atoms with E-state index in [1.54, 1.807) is 6.20 Å². The average Bonchev–Trinajstić information content (AvgIpc) is 2.63. The van der Waals surface area contributed by atoms with Crippen LogP contribution in [-0.4, -0.2) is 28.8 Å². The summed E-state index contributed by atoms with van der Waals surface area (Å²) in [6, 6.07) is 0.260. The summed E-state index contributed by atoms with van der Waals surface area (Å²) in [5, 5.41) is 3.29. The quantitative estimate of drug-likeness (QED) is 0.697. The molecular weight excluding hydrogens is 190 g/mol.